The van der Waals surface area contributed by atoms with Crippen molar-refractivity contribution in [3.05, 3.63) is 48.6 Å². The van der Waals surface area contributed by atoms with Crippen molar-refractivity contribution in [2.24, 2.45) is 0 Å². The summed E-state index contributed by atoms with van der Waals surface area (Å²) in [6.07, 6.45) is 71.1. The molecule has 1 atom stereocenters. The third-order valence-corrected chi connectivity index (χ3v) is 13.3. The Bertz CT molecular complexity index is 1200. The van der Waals surface area contributed by atoms with Crippen molar-refractivity contribution in [1.82, 2.24) is 0 Å². The van der Waals surface area contributed by atoms with E-state index in [4.69, 9.17) is 14.2 Å². The van der Waals surface area contributed by atoms with Gasteiger partial charge in [0.15, 0.2) is 6.10 Å². The zero-order valence-corrected chi connectivity index (χ0v) is 46.1. The Labute approximate surface area is 428 Å². The van der Waals surface area contributed by atoms with E-state index in [1.165, 1.54) is 199 Å². The van der Waals surface area contributed by atoms with Crippen LogP contribution >= 0.6 is 0 Å². The fourth-order valence-electron chi connectivity index (χ4n) is 8.74. The Morgan fingerprint density at radius 1 is 0.290 bits per heavy atom. The van der Waals surface area contributed by atoms with Gasteiger partial charge in [0.05, 0.1) is 0 Å². The molecule has 6 heteroatoms. The maximum absolute atomic E-state index is 12.9. The highest BCUT2D eigenvalue weighted by molar-refractivity contribution is 5.71. The Morgan fingerprint density at radius 3 is 0.826 bits per heavy atom. The molecular formula is C63H114O6. The van der Waals surface area contributed by atoms with Gasteiger partial charge < -0.3 is 14.2 Å². The van der Waals surface area contributed by atoms with Crippen molar-refractivity contribution in [3.63, 3.8) is 0 Å². The molecule has 0 aliphatic rings. The van der Waals surface area contributed by atoms with Gasteiger partial charge in [-0.2, -0.15) is 0 Å². The van der Waals surface area contributed by atoms with Gasteiger partial charge in [-0.25, -0.2) is 0 Å². The number of carbonyl (C=O) groups excluding carboxylic acids is 3. The van der Waals surface area contributed by atoms with E-state index in [2.05, 4.69) is 69.4 Å². The third-order valence-electron chi connectivity index (χ3n) is 13.3. The molecule has 0 aliphatic heterocycles. The SMILES string of the molecule is CCCCCCC/C=C\C/C=C\C/C=C\CCCCCCCCCCC(=O)OCC(COC(=O)CCCCCCCCCCC)OC(=O)CCCCCCCCCCC/C=C\CCCCCCCC. The first kappa shape index (κ1) is 66.4. The summed E-state index contributed by atoms with van der Waals surface area (Å²) >= 11 is 0. The quantitative estimate of drug-likeness (QED) is 0.0262. The first-order valence-corrected chi connectivity index (χ1v) is 30.1. The molecule has 0 rings (SSSR count). The second-order valence-corrected chi connectivity index (χ2v) is 20.3. The fourth-order valence-corrected chi connectivity index (χ4v) is 8.74. The van der Waals surface area contributed by atoms with Gasteiger partial charge in [-0.3, -0.25) is 14.4 Å². The summed E-state index contributed by atoms with van der Waals surface area (Å²) in [6.45, 7) is 6.63. The Balaban J connectivity index is 4.25. The average Bonchev–Trinajstić information content (AvgIpc) is 3.35. The highest BCUT2D eigenvalue weighted by Gasteiger charge is 2.19. The summed E-state index contributed by atoms with van der Waals surface area (Å²) in [7, 11) is 0. The molecule has 6 nitrogen and oxygen atoms in total. The van der Waals surface area contributed by atoms with E-state index in [9.17, 15) is 14.4 Å². The number of rotatable bonds is 55. The van der Waals surface area contributed by atoms with E-state index in [1.54, 1.807) is 0 Å². The molecule has 0 spiro atoms. The zero-order chi connectivity index (χ0) is 50.0. The minimum Gasteiger partial charge on any atom is -0.462 e. The molecule has 0 aromatic carbocycles. The molecule has 69 heavy (non-hydrogen) atoms. The highest BCUT2D eigenvalue weighted by Crippen LogP contribution is 2.16. The fraction of sp³-hybridized carbons (Fsp3) is 0.825. The number of carbonyl (C=O) groups is 3. The normalized spacial score (nSPS) is 12.3. The van der Waals surface area contributed by atoms with Gasteiger partial charge in [0.1, 0.15) is 13.2 Å². The van der Waals surface area contributed by atoms with Crippen LogP contribution in [0.5, 0.6) is 0 Å². The van der Waals surface area contributed by atoms with Crippen molar-refractivity contribution < 1.29 is 28.6 Å². The summed E-state index contributed by atoms with van der Waals surface area (Å²) in [5, 5.41) is 0. The van der Waals surface area contributed by atoms with Gasteiger partial charge >= 0.3 is 17.9 Å². The molecule has 0 N–H and O–H groups in total. The lowest BCUT2D eigenvalue weighted by molar-refractivity contribution is -0.167. The summed E-state index contributed by atoms with van der Waals surface area (Å²) < 4.78 is 16.9. The number of unbranched alkanes of at least 4 members (excludes halogenated alkanes) is 36. The monoisotopic (exact) mass is 967 g/mol. The molecule has 0 saturated carbocycles. The molecule has 0 heterocycles. The van der Waals surface area contributed by atoms with Crippen LogP contribution in [0.15, 0.2) is 48.6 Å². The average molecular weight is 968 g/mol. The minimum atomic E-state index is -0.774. The molecule has 0 saturated heterocycles. The van der Waals surface area contributed by atoms with Crippen LogP contribution in [0.4, 0.5) is 0 Å². The lowest BCUT2D eigenvalue weighted by Crippen LogP contribution is -2.30. The largest absolute Gasteiger partial charge is 0.462 e. The first-order valence-electron chi connectivity index (χ1n) is 30.1. The number of allylic oxidation sites excluding steroid dienone is 8. The topological polar surface area (TPSA) is 78.9 Å². The van der Waals surface area contributed by atoms with Crippen molar-refractivity contribution in [3.8, 4) is 0 Å². The molecule has 0 amide bonds. The van der Waals surface area contributed by atoms with Gasteiger partial charge in [0, 0.05) is 19.3 Å². The Hall–Kier alpha value is -2.63. The second kappa shape index (κ2) is 57.9. The van der Waals surface area contributed by atoms with E-state index >= 15 is 0 Å². The molecule has 402 valence electrons. The number of hydrogen-bond acceptors (Lipinski definition) is 6. The smallest absolute Gasteiger partial charge is 0.306 e. The maximum atomic E-state index is 12.9. The molecule has 0 bridgehead atoms. The highest BCUT2D eigenvalue weighted by atomic mass is 16.6. The standard InChI is InChI=1S/C63H114O6/c1-4-7-10-13-16-19-21-23-25-27-29-30-31-32-34-35-37-39-41-44-47-50-53-56-62(65)68-59-60(58-67-61(64)55-52-49-46-43-18-15-12-9-6-3)69-63(66)57-54-51-48-45-42-40-38-36-33-28-26-24-22-20-17-14-11-8-5-2/h21,23-24,26-27,29,31-32,60H,4-20,22,25,28,30,33-59H2,1-3H3/b23-21-,26-24-,29-27-,32-31-. The lowest BCUT2D eigenvalue weighted by atomic mass is 10.1. The summed E-state index contributed by atoms with van der Waals surface area (Å²) in [6, 6.07) is 0. The van der Waals surface area contributed by atoms with Crippen LogP contribution in [-0.4, -0.2) is 37.2 Å². The van der Waals surface area contributed by atoms with E-state index < -0.39 is 6.10 Å². The predicted molar refractivity (Wildman–Crippen MR) is 298 cm³/mol. The van der Waals surface area contributed by atoms with Crippen LogP contribution in [0.1, 0.15) is 316 Å². The Kier molecular flexibility index (Phi) is 55.7. The zero-order valence-electron chi connectivity index (χ0n) is 46.1. The summed E-state index contributed by atoms with van der Waals surface area (Å²) in [5.41, 5.74) is 0. The van der Waals surface area contributed by atoms with Crippen LogP contribution in [-0.2, 0) is 28.6 Å². The van der Waals surface area contributed by atoms with E-state index in [0.29, 0.717) is 19.3 Å². The third kappa shape index (κ3) is 56.2. The maximum Gasteiger partial charge on any atom is 0.306 e. The van der Waals surface area contributed by atoms with Crippen molar-refractivity contribution >= 4 is 17.9 Å². The number of hydrogen-bond donors (Lipinski definition) is 0. The molecular weight excluding hydrogens is 853 g/mol. The van der Waals surface area contributed by atoms with E-state index in [0.717, 1.165) is 77.0 Å². The van der Waals surface area contributed by atoms with Crippen LogP contribution in [0, 0.1) is 0 Å². The van der Waals surface area contributed by atoms with Crippen LogP contribution < -0.4 is 0 Å². The van der Waals surface area contributed by atoms with Gasteiger partial charge in [-0.15, -0.1) is 0 Å². The van der Waals surface area contributed by atoms with Crippen molar-refractivity contribution in [2.45, 2.75) is 322 Å². The second-order valence-electron chi connectivity index (χ2n) is 20.3. The van der Waals surface area contributed by atoms with E-state index in [-0.39, 0.29) is 31.1 Å². The summed E-state index contributed by atoms with van der Waals surface area (Å²) in [4.78, 5) is 38.1. The number of esters is 3. The van der Waals surface area contributed by atoms with Gasteiger partial charge in [-0.1, -0.05) is 262 Å². The predicted octanol–water partition coefficient (Wildman–Crippen LogP) is 20.2. The van der Waals surface area contributed by atoms with Gasteiger partial charge in [-0.05, 0) is 83.5 Å². The molecule has 0 aliphatic carbocycles. The minimum absolute atomic E-state index is 0.0736. The lowest BCUT2D eigenvalue weighted by Gasteiger charge is -2.18. The van der Waals surface area contributed by atoms with Crippen molar-refractivity contribution in [2.75, 3.05) is 13.2 Å². The number of ether oxygens (including phenoxy) is 3. The van der Waals surface area contributed by atoms with Gasteiger partial charge in [0.25, 0.3) is 0 Å². The molecule has 0 aromatic heterocycles. The molecule has 0 radical (unpaired) electrons. The van der Waals surface area contributed by atoms with Crippen LogP contribution in [0.3, 0.4) is 0 Å². The van der Waals surface area contributed by atoms with Crippen LogP contribution in [0.25, 0.3) is 0 Å². The molecule has 1 unspecified atom stereocenters. The molecule has 0 fully saturated rings. The van der Waals surface area contributed by atoms with E-state index in [1.807, 2.05) is 0 Å². The summed E-state index contributed by atoms with van der Waals surface area (Å²) in [5.74, 6) is -0.871. The molecule has 0 aromatic rings. The van der Waals surface area contributed by atoms with Gasteiger partial charge in [0.2, 0.25) is 0 Å². The Morgan fingerprint density at radius 2 is 0.522 bits per heavy atom. The first-order chi connectivity index (χ1) is 34.0. The van der Waals surface area contributed by atoms with Crippen LogP contribution in [0.2, 0.25) is 0 Å². The van der Waals surface area contributed by atoms with Crippen molar-refractivity contribution in [1.29, 1.82) is 0 Å².